The average Bonchev–Trinajstić information content (AvgIpc) is 2.47. The predicted molar refractivity (Wildman–Crippen MR) is 61.8 cm³/mol. The van der Waals surface area contributed by atoms with Gasteiger partial charge < -0.3 is 0 Å². The van der Waals surface area contributed by atoms with Crippen molar-refractivity contribution >= 4 is 0 Å². The molecule has 0 bridgehead atoms. The molecule has 1 aromatic rings. The summed E-state index contributed by atoms with van der Waals surface area (Å²) in [4.78, 5) is 0. The van der Waals surface area contributed by atoms with E-state index in [0.717, 1.165) is 11.8 Å². The minimum Gasteiger partial charge on any atom is -0.0622 e. The Hall–Kier alpha value is -0.780. The van der Waals surface area contributed by atoms with Crippen molar-refractivity contribution in [1.82, 2.24) is 0 Å². The zero-order chi connectivity index (χ0) is 10.3. The van der Waals surface area contributed by atoms with E-state index in [2.05, 4.69) is 39.8 Å². The molecule has 0 radical (unpaired) electrons. The van der Waals surface area contributed by atoms with Gasteiger partial charge in [-0.25, -0.2) is 0 Å². The SMILES string of the molecule is Cc1cc(C)c2c(c1)CCC2C(C)C. The zero-order valence-corrected chi connectivity index (χ0v) is 9.72. The second kappa shape index (κ2) is 3.42. The van der Waals surface area contributed by atoms with E-state index < -0.39 is 0 Å². The highest BCUT2D eigenvalue weighted by atomic mass is 14.3. The van der Waals surface area contributed by atoms with Crippen molar-refractivity contribution in [3.8, 4) is 0 Å². The Kier molecular flexibility index (Phi) is 2.38. The monoisotopic (exact) mass is 188 g/mol. The number of rotatable bonds is 1. The van der Waals surface area contributed by atoms with Crippen LogP contribution in [0, 0.1) is 19.8 Å². The van der Waals surface area contributed by atoms with Crippen LogP contribution in [0.2, 0.25) is 0 Å². The van der Waals surface area contributed by atoms with Crippen molar-refractivity contribution in [2.75, 3.05) is 0 Å². The first-order valence-electron chi connectivity index (χ1n) is 5.69. The fourth-order valence-corrected chi connectivity index (χ4v) is 2.93. The van der Waals surface area contributed by atoms with Gasteiger partial charge in [0.1, 0.15) is 0 Å². The summed E-state index contributed by atoms with van der Waals surface area (Å²) < 4.78 is 0. The van der Waals surface area contributed by atoms with Crippen molar-refractivity contribution in [2.24, 2.45) is 5.92 Å². The number of fused-ring (bicyclic) bond motifs is 1. The van der Waals surface area contributed by atoms with Gasteiger partial charge in [-0.1, -0.05) is 31.5 Å². The third-order valence-electron chi connectivity index (χ3n) is 3.52. The third kappa shape index (κ3) is 1.47. The summed E-state index contributed by atoms with van der Waals surface area (Å²) in [6.45, 7) is 9.17. The Labute approximate surface area is 87.3 Å². The quantitative estimate of drug-likeness (QED) is 0.625. The first kappa shape index (κ1) is 9.76. The molecular weight excluding hydrogens is 168 g/mol. The molecule has 0 heterocycles. The topological polar surface area (TPSA) is 0 Å². The summed E-state index contributed by atoms with van der Waals surface area (Å²) in [5, 5.41) is 0. The van der Waals surface area contributed by atoms with Crippen molar-refractivity contribution in [2.45, 2.75) is 46.5 Å². The van der Waals surface area contributed by atoms with Crippen LogP contribution < -0.4 is 0 Å². The van der Waals surface area contributed by atoms with Crippen LogP contribution in [0.1, 0.15) is 48.4 Å². The molecule has 0 aliphatic heterocycles. The molecule has 14 heavy (non-hydrogen) atoms. The summed E-state index contributed by atoms with van der Waals surface area (Å²) in [6.07, 6.45) is 2.65. The van der Waals surface area contributed by atoms with Crippen LogP contribution in [0.4, 0.5) is 0 Å². The first-order valence-corrected chi connectivity index (χ1v) is 5.69. The Balaban J connectivity index is 2.49. The molecule has 2 rings (SSSR count). The van der Waals surface area contributed by atoms with Crippen molar-refractivity contribution in [3.05, 3.63) is 34.4 Å². The van der Waals surface area contributed by atoms with Crippen LogP contribution in [-0.2, 0) is 6.42 Å². The maximum Gasteiger partial charge on any atom is -0.0130 e. The second-order valence-corrected chi connectivity index (χ2v) is 5.04. The Bertz CT molecular complexity index is 347. The molecule has 0 saturated heterocycles. The van der Waals surface area contributed by atoms with E-state index in [-0.39, 0.29) is 0 Å². The average molecular weight is 188 g/mol. The molecule has 0 amide bonds. The van der Waals surface area contributed by atoms with E-state index >= 15 is 0 Å². The molecule has 0 N–H and O–H groups in total. The summed E-state index contributed by atoms with van der Waals surface area (Å²) in [5.41, 5.74) is 6.20. The maximum atomic E-state index is 2.38. The molecule has 0 aromatic heterocycles. The maximum absolute atomic E-state index is 2.38. The van der Waals surface area contributed by atoms with Gasteiger partial charge in [0.15, 0.2) is 0 Å². The lowest BCUT2D eigenvalue weighted by Crippen LogP contribution is -2.04. The summed E-state index contributed by atoms with van der Waals surface area (Å²) in [6, 6.07) is 4.71. The first-order chi connectivity index (χ1) is 6.59. The second-order valence-electron chi connectivity index (χ2n) is 5.04. The van der Waals surface area contributed by atoms with Crippen LogP contribution in [-0.4, -0.2) is 0 Å². The Morgan fingerprint density at radius 1 is 1.21 bits per heavy atom. The van der Waals surface area contributed by atoms with Crippen LogP contribution >= 0.6 is 0 Å². The summed E-state index contributed by atoms with van der Waals surface area (Å²) in [7, 11) is 0. The normalized spacial score (nSPS) is 20.2. The lowest BCUT2D eigenvalue weighted by Gasteiger charge is -2.18. The highest BCUT2D eigenvalue weighted by Gasteiger charge is 2.26. The molecule has 0 saturated carbocycles. The lowest BCUT2D eigenvalue weighted by molar-refractivity contribution is 0.494. The van der Waals surface area contributed by atoms with E-state index in [1.807, 2.05) is 0 Å². The van der Waals surface area contributed by atoms with Crippen molar-refractivity contribution < 1.29 is 0 Å². The van der Waals surface area contributed by atoms with Gasteiger partial charge in [-0.2, -0.15) is 0 Å². The molecule has 1 atom stereocenters. The lowest BCUT2D eigenvalue weighted by atomic mass is 9.87. The van der Waals surface area contributed by atoms with Crippen molar-refractivity contribution in [3.63, 3.8) is 0 Å². The van der Waals surface area contributed by atoms with Crippen LogP contribution in [0.5, 0.6) is 0 Å². The smallest absolute Gasteiger partial charge is 0.0130 e. The van der Waals surface area contributed by atoms with E-state index in [1.54, 1.807) is 11.1 Å². The molecule has 0 fully saturated rings. The van der Waals surface area contributed by atoms with Crippen LogP contribution in [0.15, 0.2) is 12.1 Å². The highest BCUT2D eigenvalue weighted by molar-refractivity contribution is 5.44. The molecule has 1 aromatic carbocycles. The minimum atomic E-state index is 0.789. The fourth-order valence-electron chi connectivity index (χ4n) is 2.93. The van der Waals surface area contributed by atoms with E-state index in [1.165, 1.54) is 24.0 Å². The molecule has 76 valence electrons. The molecular formula is C14H20. The molecule has 1 aliphatic carbocycles. The summed E-state index contributed by atoms with van der Waals surface area (Å²) >= 11 is 0. The summed E-state index contributed by atoms with van der Waals surface area (Å²) in [5.74, 6) is 1.60. The van der Waals surface area contributed by atoms with Gasteiger partial charge in [0, 0.05) is 0 Å². The van der Waals surface area contributed by atoms with E-state index in [9.17, 15) is 0 Å². The molecule has 0 heteroatoms. The molecule has 1 unspecified atom stereocenters. The van der Waals surface area contributed by atoms with Gasteiger partial charge in [0.25, 0.3) is 0 Å². The number of benzene rings is 1. The minimum absolute atomic E-state index is 0.789. The van der Waals surface area contributed by atoms with Crippen molar-refractivity contribution in [1.29, 1.82) is 0 Å². The van der Waals surface area contributed by atoms with E-state index in [0.29, 0.717) is 0 Å². The molecule has 1 aliphatic rings. The number of hydrogen-bond acceptors (Lipinski definition) is 0. The van der Waals surface area contributed by atoms with Gasteiger partial charge in [-0.05, 0) is 55.2 Å². The Morgan fingerprint density at radius 3 is 2.57 bits per heavy atom. The van der Waals surface area contributed by atoms with Gasteiger partial charge >= 0.3 is 0 Å². The van der Waals surface area contributed by atoms with E-state index in [4.69, 9.17) is 0 Å². The highest BCUT2D eigenvalue weighted by Crippen LogP contribution is 2.40. The third-order valence-corrected chi connectivity index (χ3v) is 3.52. The van der Waals surface area contributed by atoms with Crippen LogP contribution in [0.3, 0.4) is 0 Å². The number of aryl methyl sites for hydroxylation is 3. The van der Waals surface area contributed by atoms with Gasteiger partial charge in [0.05, 0.1) is 0 Å². The standard InChI is InChI=1S/C14H20/c1-9(2)13-6-5-12-8-10(3)7-11(4)14(12)13/h7-9,13H,5-6H2,1-4H3. The number of hydrogen-bond donors (Lipinski definition) is 0. The largest absolute Gasteiger partial charge is 0.0622 e. The van der Waals surface area contributed by atoms with Gasteiger partial charge in [0.2, 0.25) is 0 Å². The fraction of sp³-hybridized carbons (Fsp3) is 0.571. The zero-order valence-electron chi connectivity index (χ0n) is 9.72. The molecule has 0 spiro atoms. The van der Waals surface area contributed by atoms with Crippen LogP contribution in [0.25, 0.3) is 0 Å². The predicted octanol–water partition coefficient (Wildman–Crippen LogP) is 3.99. The Morgan fingerprint density at radius 2 is 1.93 bits per heavy atom. The van der Waals surface area contributed by atoms with Gasteiger partial charge in [-0.3, -0.25) is 0 Å². The van der Waals surface area contributed by atoms with Gasteiger partial charge in [-0.15, -0.1) is 0 Å². The molecule has 0 nitrogen and oxygen atoms in total.